The number of nitrogens with zero attached hydrogens (tertiary/aromatic N) is 3. The number of thiazole rings is 1. The molecule has 0 amide bonds. The molecule has 18 heavy (non-hydrogen) atoms. The van der Waals surface area contributed by atoms with Crippen LogP contribution in [0, 0.1) is 0 Å². The molecule has 0 bridgehead atoms. The van der Waals surface area contributed by atoms with Crippen molar-refractivity contribution in [2.45, 2.75) is 25.7 Å². The van der Waals surface area contributed by atoms with Gasteiger partial charge in [0.15, 0.2) is 5.69 Å². The Morgan fingerprint density at radius 3 is 2.72 bits per heavy atom. The van der Waals surface area contributed by atoms with Crippen LogP contribution in [0.3, 0.4) is 0 Å². The van der Waals surface area contributed by atoms with Crippen LogP contribution >= 0.6 is 11.3 Å². The molecule has 1 atom stereocenters. The lowest BCUT2D eigenvalue weighted by Gasteiger charge is -2.01. The molecular formula is C10H10F3N3OS. The van der Waals surface area contributed by atoms with Gasteiger partial charge in [-0.3, -0.25) is 4.68 Å². The van der Waals surface area contributed by atoms with Crippen LogP contribution in [-0.4, -0.2) is 19.9 Å². The van der Waals surface area contributed by atoms with Gasteiger partial charge in [0.05, 0.1) is 18.3 Å². The van der Waals surface area contributed by atoms with Crippen molar-refractivity contribution in [1.82, 2.24) is 14.8 Å². The number of aliphatic hydroxyl groups is 1. The first-order valence-corrected chi connectivity index (χ1v) is 5.97. The molecular weight excluding hydrogens is 267 g/mol. The molecule has 1 N–H and O–H groups in total. The molecule has 0 aromatic carbocycles. The Hall–Kier alpha value is -1.41. The van der Waals surface area contributed by atoms with Crippen molar-refractivity contribution < 1.29 is 18.3 Å². The van der Waals surface area contributed by atoms with E-state index in [-0.39, 0.29) is 6.54 Å². The van der Waals surface area contributed by atoms with Crippen molar-refractivity contribution >= 4 is 11.3 Å². The largest absolute Gasteiger partial charge is 0.434 e. The highest BCUT2D eigenvalue weighted by Crippen LogP contribution is 2.30. The van der Waals surface area contributed by atoms with Gasteiger partial charge in [0.1, 0.15) is 5.01 Å². The van der Waals surface area contributed by atoms with Crippen molar-refractivity contribution in [3.05, 3.63) is 34.0 Å². The summed E-state index contributed by atoms with van der Waals surface area (Å²) in [5, 5.41) is 14.6. The minimum absolute atomic E-state index is 0.160. The Morgan fingerprint density at radius 2 is 2.22 bits per heavy atom. The number of aliphatic hydroxyl groups excluding tert-OH is 1. The van der Waals surface area contributed by atoms with Crippen molar-refractivity contribution in [1.29, 1.82) is 0 Å². The fourth-order valence-electron chi connectivity index (χ4n) is 1.34. The van der Waals surface area contributed by atoms with E-state index in [9.17, 15) is 18.3 Å². The predicted molar refractivity (Wildman–Crippen MR) is 59.1 cm³/mol. The van der Waals surface area contributed by atoms with Crippen molar-refractivity contribution in [3.63, 3.8) is 0 Å². The van der Waals surface area contributed by atoms with Crippen LogP contribution in [0.5, 0.6) is 0 Å². The van der Waals surface area contributed by atoms with Crippen molar-refractivity contribution in [2.75, 3.05) is 0 Å². The van der Waals surface area contributed by atoms with E-state index in [0.717, 1.165) is 16.7 Å². The summed E-state index contributed by atoms with van der Waals surface area (Å²) in [5.74, 6) is 0. The monoisotopic (exact) mass is 277 g/mol. The van der Waals surface area contributed by atoms with Crippen molar-refractivity contribution in [2.24, 2.45) is 0 Å². The molecule has 0 aliphatic carbocycles. The molecule has 2 aromatic rings. The molecule has 0 spiro atoms. The molecule has 0 radical (unpaired) electrons. The Kier molecular flexibility index (Phi) is 3.40. The summed E-state index contributed by atoms with van der Waals surface area (Å²) in [6.07, 6.45) is -3.52. The van der Waals surface area contributed by atoms with Crippen LogP contribution in [0.2, 0.25) is 0 Å². The third kappa shape index (κ3) is 2.88. The Balaban J connectivity index is 2.11. The van der Waals surface area contributed by atoms with E-state index in [1.54, 1.807) is 19.2 Å². The molecule has 0 aliphatic heterocycles. The van der Waals surface area contributed by atoms with E-state index in [2.05, 4.69) is 10.1 Å². The first-order chi connectivity index (χ1) is 8.36. The molecule has 0 saturated carbocycles. The van der Waals surface area contributed by atoms with Gasteiger partial charge in [-0.1, -0.05) is 0 Å². The average Bonchev–Trinajstić information content (AvgIpc) is 2.85. The smallest absolute Gasteiger partial charge is 0.387 e. The van der Waals surface area contributed by atoms with E-state index in [4.69, 9.17) is 0 Å². The lowest BCUT2D eigenvalue weighted by atomic mass is 10.3. The summed E-state index contributed by atoms with van der Waals surface area (Å²) in [6, 6.07) is 1.61. The van der Waals surface area contributed by atoms with Crippen LogP contribution in [0.4, 0.5) is 13.2 Å². The van der Waals surface area contributed by atoms with Gasteiger partial charge in [0, 0.05) is 11.6 Å². The Morgan fingerprint density at radius 1 is 1.50 bits per heavy atom. The van der Waals surface area contributed by atoms with Crippen LogP contribution < -0.4 is 0 Å². The molecule has 0 unspecified atom stereocenters. The van der Waals surface area contributed by atoms with Gasteiger partial charge in [-0.2, -0.15) is 18.3 Å². The van der Waals surface area contributed by atoms with Crippen molar-refractivity contribution in [3.8, 4) is 0 Å². The van der Waals surface area contributed by atoms with E-state index >= 15 is 0 Å². The number of hydrogen-bond donors (Lipinski definition) is 1. The number of halogens is 3. The lowest BCUT2D eigenvalue weighted by Crippen LogP contribution is -2.07. The fraction of sp³-hybridized carbons (Fsp3) is 0.400. The SMILES string of the molecule is C[C@@H](O)c1ccn(Cc2nc(C(F)(F)F)cs2)n1. The Labute approximate surface area is 105 Å². The topological polar surface area (TPSA) is 50.9 Å². The molecule has 2 heterocycles. The molecule has 0 fully saturated rings. The second-order valence-electron chi connectivity index (χ2n) is 3.74. The lowest BCUT2D eigenvalue weighted by molar-refractivity contribution is -0.140. The first kappa shape index (κ1) is 13.0. The number of rotatable bonds is 3. The summed E-state index contributed by atoms with van der Waals surface area (Å²) in [7, 11) is 0. The molecule has 8 heteroatoms. The van der Waals surface area contributed by atoms with Crippen LogP contribution in [0.15, 0.2) is 17.6 Å². The quantitative estimate of drug-likeness (QED) is 0.937. The predicted octanol–water partition coefficient (Wildman–Crippen LogP) is 2.46. The normalized spacial score (nSPS) is 13.8. The van der Waals surface area contributed by atoms with E-state index in [0.29, 0.717) is 10.7 Å². The van der Waals surface area contributed by atoms with Gasteiger partial charge in [-0.15, -0.1) is 11.3 Å². The van der Waals surface area contributed by atoms with Gasteiger partial charge in [-0.05, 0) is 13.0 Å². The van der Waals surface area contributed by atoms with Gasteiger partial charge >= 0.3 is 6.18 Å². The second kappa shape index (κ2) is 4.69. The molecule has 0 aliphatic rings. The number of alkyl halides is 3. The highest BCUT2D eigenvalue weighted by molar-refractivity contribution is 7.09. The van der Waals surface area contributed by atoms with Gasteiger partial charge in [0.2, 0.25) is 0 Å². The van der Waals surface area contributed by atoms with Gasteiger partial charge in [-0.25, -0.2) is 4.98 Å². The van der Waals surface area contributed by atoms with Gasteiger partial charge < -0.3 is 5.11 Å². The van der Waals surface area contributed by atoms with Crippen LogP contribution in [0.1, 0.15) is 29.4 Å². The maximum atomic E-state index is 12.3. The zero-order valence-corrected chi connectivity index (χ0v) is 10.2. The molecule has 98 valence electrons. The van der Waals surface area contributed by atoms with E-state index in [1.807, 2.05) is 0 Å². The van der Waals surface area contributed by atoms with Crippen LogP contribution in [-0.2, 0) is 12.7 Å². The summed E-state index contributed by atoms with van der Waals surface area (Å²) in [5.41, 5.74) is -0.409. The van der Waals surface area contributed by atoms with Crippen LogP contribution in [0.25, 0.3) is 0 Å². The third-order valence-electron chi connectivity index (χ3n) is 2.23. The minimum Gasteiger partial charge on any atom is -0.387 e. The van der Waals surface area contributed by atoms with E-state index in [1.165, 1.54) is 4.68 Å². The maximum absolute atomic E-state index is 12.3. The van der Waals surface area contributed by atoms with Gasteiger partial charge in [0.25, 0.3) is 0 Å². The first-order valence-electron chi connectivity index (χ1n) is 5.09. The highest BCUT2D eigenvalue weighted by Gasteiger charge is 2.33. The maximum Gasteiger partial charge on any atom is 0.434 e. The third-order valence-corrected chi connectivity index (χ3v) is 3.06. The summed E-state index contributed by atoms with van der Waals surface area (Å²) in [6.45, 7) is 1.73. The zero-order chi connectivity index (χ0) is 13.3. The summed E-state index contributed by atoms with van der Waals surface area (Å²) in [4.78, 5) is 3.50. The second-order valence-corrected chi connectivity index (χ2v) is 4.68. The average molecular weight is 277 g/mol. The summed E-state index contributed by atoms with van der Waals surface area (Å²) >= 11 is 0.934. The molecule has 2 aromatic heterocycles. The number of hydrogen-bond acceptors (Lipinski definition) is 4. The minimum atomic E-state index is -4.41. The standard InChI is InChI=1S/C10H10F3N3OS/c1-6(17)7-2-3-16(15-7)4-9-14-8(5-18-9)10(11,12)13/h2-3,5-6,17H,4H2,1H3/t6-/m1/s1. The highest BCUT2D eigenvalue weighted by atomic mass is 32.1. The molecule has 2 rings (SSSR count). The Bertz CT molecular complexity index is 532. The molecule has 4 nitrogen and oxygen atoms in total. The fourth-order valence-corrected chi connectivity index (χ4v) is 2.13. The summed E-state index contributed by atoms with van der Waals surface area (Å²) < 4.78 is 38.5. The number of aromatic nitrogens is 3. The van der Waals surface area contributed by atoms with E-state index < -0.39 is 18.0 Å². The molecule has 0 saturated heterocycles. The zero-order valence-electron chi connectivity index (χ0n) is 9.35.